The smallest absolute Gasteiger partial charge is 0.172 e. The van der Waals surface area contributed by atoms with E-state index in [4.69, 9.17) is 4.42 Å². The van der Waals surface area contributed by atoms with E-state index in [1.54, 1.807) is 6.26 Å². The second-order valence-electron chi connectivity index (χ2n) is 3.76. The largest absolute Gasteiger partial charge is 0.461 e. The highest BCUT2D eigenvalue weighted by Gasteiger charge is 2.14. The van der Waals surface area contributed by atoms with E-state index in [0.717, 1.165) is 5.92 Å². The second kappa shape index (κ2) is 3.79. The van der Waals surface area contributed by atoms with Crippen LogP contribution in [0.15, 0.2) is 16.7 Å². The van der Waals surface area contributed by atoms with Gasteiger partial charge in [0.1, 0.15) is 0 Å². The Morgan fingerprint density at radius 3 is 2.83 bits per heavy atom. The molecular formula is C11H15O. The van der Waals surface area contributed by atoms with Crippen LogP contribution < -0.4 is 0 Å². The molecule has 0 saturated heterocycles. The maximum atomic E-state index is 4.93. The molecule has 0 aromatic carbocycles. The van der Waals surface area contributed by atoms with Crippen LogP contribution in [0.5, 0.6) is 0 Å². The van der Waals surface area contributed by atoms with Crippen molar-refractivity contribution in [1.29, 1.82) is 0 Å². The van der Waals surface area contributed by atoms with Gasteiger partial charge >= 0.3 is 0 Å². The summed E-state index contributed by atoms with van der Waals surface area (Å²) in [6, 6.07) is 2.04. The molecule has 1 radical (unpaired) electrons. The molecule has 1 heterocycles. The highest BCUT2D eigenvalue weighted by molar-refractivity contribution is 5.04. The minimum atomic E-state index is 0.896. The van der Waals surface area contributed by atoms with Gasteiger partial charge in [0.2, 0.25) is 0 Å². The maximum Gasteiger partial charge on any atom is 0.172 e. The lowest BCUT2D eigenvalue weighted by Crippen LogP contribution is -2.08. The van der Waals surface area contributed by atoms with Gasteiger partial charge < -0.3 is 4.42 Å². The van der Waals surface area contributed by atoms with Gasteiger partial charge in [-0.3, -0.25) is 0 Å². The molecule has 1 fully saturated rings. The van der Waals surface area contributed by atoms with E-state index in [-0.39, 0.29) is 0 Å². The van der Waals surface area contributed by atoms with Crippen LogP contribution in [0.3, 0.4) is 0 Å². The Kier molecular flexibility index (Phi) is 2.50. The van der Waals surface area contributed by atoms with Crippen LogP contribution in [0.4, 0.5) is 0 Å². The van der Waals surface area contributed by atoms with E-state index in [0.29, 0.717) is 0 Å². The fraction of sp³-hybridized carbons (Fsp3) is 0.636. The Bertz CT molecular complexity index is 207. The predicted octanol–water partition coefficient (Wildman–Crippen LogP) is 3.20. The standard InChI is InChI=1S/C11H15O/c1-2-4-10(5-3-1)8-11-6-7-12-9-11/h6-7,10H,1-5,8H2. The first-order valence-corrected chi connectivity index (χ1v) is 4.89. The lowest BCUT2D eigenvalue weighted by atomic mass is 9.85. The molecular weight excluding hydrogens is 148 g/mol. The van der Waals surface area contributed by atoms with Crippen molar-refractivity contribution >= 4 is 0 Å². The van der Waals surface area contributed by atoms with Gasteiger partial charge in [-0.15, -0.1) is 0 Å². The maximum absolute atomic E-state index is 4.93. The fourth-order valence-electron chi connectivity index (χ4n) is 2.07. The molecule has 1 aromatic rings. The highest BCUT2D eigenvalue weighted by atomic mass is 16.3. The molecule has 1 aliphatic rings. The van der Waals surface area contributed by atoms with Gasteiger partial charge in [-0.1, -0.05) is 32.1 Å². The Balaban J connectivity index is 1.86. The van der Waals surface area contributed by atoms with Crippen LogP contribution in [0.2, 0.25) is 0 Å². The molecule has 0 amide bonds. The van der Waals surface area contributed by atoms with E-state index < -0.39 is 0 Å². The quantitative estimate of drug-likeness (QED) is 0.652. The van der Waals surface area contributed by atoms with Crippen LogP contribution in [-0.4, -0.2) is 0 Å². The molecule has 2 rings (SSSR count). The first-order valence-electron chi connectivity index (χ1n) is 4.89. The molecule has 0 aliphatic heterocycles. The first kappa shape index (κ1) is 7.90. The van der Waals surface area contributed by atoms with Crippen molar-refractivity contribution in [2.75, 3.05) is 0 Å². The van der Waals surface area contributed by atoms with Crippen molar-refractivity contribution in [3.05, 3.63) is 24.2 Å². The van der Waals surface area contributed by atoms with Crippen molar-refractivity contribution in [2.24, 2.45) is 5.92 Å². The Labute approximate surface area is 73.8 Å². The first-order chi connectivity index (χ1) is 5.95. The highest BCUT2D eigenvalue weighted by Crippen LogP contribution is 2.26. The zero-order valence-corrected chi connectivity index (χ0v) is 7.38. The van der Waals surface area contributed by atoms with Crippen LogP contribution in [-0.2, 0) is 6.42 Å². The molecule has 0 spiro atoms. The molecule has 1 saturated carbocycles. The number of hydrogen-bond acceptors (Lipinski definition) is 1. The van der Waals surface area contributed by atoms with E-state index in [9.17, 15) is 0 Å². The number of rotatable bonds is 2. The molecule has 12 heavy (non-hydrogen) atoms. The fourth-order valence-corrected chi connectivity index (χ4v) is 2.07. The normalized spacial score (nSPS) is 19.7. The van der Waals surface area contributed by atoms with E-state index in [2.05, 4.69) is 6.26 Å². The number of hydrogen-bond donors (Lipinski definition) is 0. The van der Waals surface area contributed by atoms with Crippen LogP contribution >= 0.6 is 0 Å². The summed E-state index contributed by atoms with van der Waals surface area (Å²) < 4.78 is 4.93. The molecule has 0 bridgehead atoms. The molecule has 1 nitrogen and oxygen atoms in total. The third-order valence-electron chi connectivity index (χ3n) is 2.76. The summed E-state index contributed by atoms with van der Waals surface area (Å²) in [6.07, 6.45) is 12.9. The minimum Gasteiger partial charge on any atom is -0.461 e. The SMILES string of the molecule is [c]1occc1CC1CCCCC1. The van der Waals surface area contributed by atoms with Crippen LogP contribution in [0.1, 0.15) is 37.7 Å². The lowest BCUT2D eigenvalue weighted by Gasteiger charge is -2.20. The van der Waals surface area contributed by atoms with Gasteiger partial charge in [0.25, 0.3) is 0 Å². The summed E-state index contributed by atoms with van der Waals surface area (Å²) in [5.41, 5.74) is 1.25. The molecule has 0 atom stereocenters. The van der Waals surface area contributed by atoms with Crippen molar-refractivity contribution in [1.82, 2.24) is 0 Å². The van der Waals surface area contributed by atoms with Gasteiger partial charge in [0.15, 0.2) is 6.26 Å². The summed E-state index contributed by atoms with van der Waals surface area (Å²) in [5, 5.41) is 0. The van der Waals surface area contributed by atoms with Crippen molar-refractivity contribution in [3.63, 3.8) is 0 Å². The summed E-state index contributed by atoms with van der Waals surface area (Å²) in [4.78, 5) is 0. The van der Waals surface area contributed by atoms with Crippen LogP contribution in [0, 0.1) is 12.2 Å². The van der Waals surface area contributed by atoms with E-state index >= 15 is 0 Å². The average Bonchev–Trinajstić information content (AvgIpc) is 2.59. The summed E-state index contributed by atoms with van der Waals surface area (Å²) >= 11 is 0. The molecule has 1 aromatic heterocycles. The number of furan rings is 1. The zero-order chi connectivity index (χ0) is 8.23. The summed E-state index contributed by atoms with van der Waals surface area (Å²) in [6.45, 7) is 0. The Hall–Kier alpha value is -0.720. The van der Waals surface area contributed by atoms with Crippen molar-refractivity contribution < 1.29 is 4.42 Å². The van der Waals surface area contributed by atoms with Crippen molar-refractivity contribution in [3.8, 4) is 0 Å². The van der Waals surface area contributed by atoms with Gasteiger partial charge in [-0.05, 0) is 18.4 Å². The van der Waals surface area contributed by atoms with Gasteiger partial charge in [-0.25, -0.2) is 0 Å². The van der Waals surface area contributed by atoms with Crippen molar-refractivity contribution in [2.45, 2.75) is 38.5 Å². The third kappa shape index (κ3) is 1.90. The van der Waals surface area contributed by atoms with E-state index in [1.807, 2.05) is 6.07 Å². The monoisotopic (exact) mass is 163 g/mol. The zero-order valence-electron chi connectivity index (χ0n) is 7.38. The predicted molar refractivity (Wildman–Crippen MR) is 47.8 cm³/mol. The third-order valence-corrected chi connectivity index (χ3v) is 2.76. The molecule has 0 unspecified atom stereocenters. The van der Waals surface area contributed by atoms with Gasteiger partial charge in [0.05, 0.1) is 6.26 Å². The topological polar surface area (TPSA) is 13.1 Å². The summed E-state index contributed by atoms with van der Waals surface area (Å²) in [5.74, 6) is 0.896. The average molecular weight is 163 g/mol. The van der Waals surface area contributed by atoms with E-state index in [1.165, 1.54) is 44.1 Å². The molecule has 1 aliphatic carbocycles. The Morgan fingerprint density at radius 1 is 1.33 bits per heavy atom. The van der Waals surface area contributed by atoms with Gasteiger partial charge in [0, 0.05) is 5.56 Å². The Morgan fingerprint density at radius 2 is 2.17 bits per heavy atom. The molecule has 1 heteroatoms. The van der Waals surface area contributed by atoms with Crippen LogP contribution in [0.25, 0.3) is 0 Å². The molecule has 65 valence electrons. The lowest BCUT2D eigenvalue weighted by molar-refractivity contribution is 0.355. The summed E-state index contributed by atoms with van der Waals surface area (Å²) in [7, 11) is 0. The van der Waals surface area contributed by atoms with Gasteiger partial charge in [-0.2, -0.15) is 0 Å². The minimum absolute atomic E-state index is 0.896. The second-order valence-corrected chi connectivity index (χ2v) is 3.76. The molecule has 0 N–H and O–H groups in total.